The SMILES string of the molecule is NNc1c(I)cccc1C(O)C(=O)O. The number of rotatable bonds is 3. The third-order valence-corrected chi connectivity index (χ3v) is 2.62. The molecule has 14 heavy (non-hydrogen) atoms. The zero-order valence-corrected chi connectivity index (χ0v) is 9.22. The Morgan fingerprint density at radius 2 is 2.21 bits per heavy atom. The zero-order valence-electron chi connectivity index (χ0n) is 7.07. The summed E-state index contributed by atoms with van der Waals surface area (Å²) in [5.41, 5.74) is 3.06. The van der Waals surface area contributed by atoms with Gasteiger partial charge < -0.3 is 15.6 Å². The second kappa shape index (κ2) is 4.58. The molecular weight excluding hydrogens is 299 g/mol. The lowest BCUT2D eigenvalue weighted by Gasteiger charge is -2.12. The summed E-state index contributed by atoms with van der Waals surface area (Å²) in [5, 5.41) is 18.0. The Balaban J connectivity index is 3.20. The van der Waals surface area contributed by atoms with Crippen LogP contribution in [0.15, 0.2) is 18.2 Å². The molecule has 5 N–H and O–H groups in total. The molecule has 6 heteroatoms. The molecule has 0 amide bonds. The van der Waals surface area contributed by atoms with Gasteiger partial charge in [-0.25, -0.2) is 4.79 Å². The van der Waals surface area contributed by atoms with Crippen LogP contribution in [0.4, 0.5) is 5.69 Å². The van der Waals surface area contributed by atoms with E-state index < -0.39 is 12.1 Å². The number of carbonyl (C=O) groups is 1. The van der Waals surface area contributed by atoms with Gasteiger partial charge >= 0.3 is 5.97 Å². The van der Waals surface area contributed by atoms with Crippen LogP contribution in [0, 0.1) is 3.57 Å². The molecule has 0 aliphatic carbocycles. The lowest BCUT2D eigenvalue weighted by Crippen LogP contribution is -2.17. The fourth-order valence-corrected chi connectivity index (χ4v) is 1.73. The predicted molar refractivity (Wildman–Crippen MR) is 59.6 cm³/mol. The van der Waals surface area contributed by atoms with Crippen molar-refractivity contribution in [3.63, 3.8) is 0 Å². The third-order valence-electron chi connectivity index (χ3n) is 1.72. The molecule has 1 unspecified atom stereocenters. The Hall–Kier alpha value is -0.860. The van der Waals surface area contributed by atoms with E-state index in [-0.39, 0.29) is 5.56 Å². The number of carboxylic acids is 1. The van der Waals surface area contributed by atoms with Gasteiger partial charge in [0, 0.05) is 9.13 Å². The quantitative estimate of drug-likeness (QED) is 0.374. The van der Waals surface area contributed by atoms with Gasteiger partial charge in [-0.15, -0.1) is 0 Å². The number of halogens is 1. The van der Waals surface area contributed by atoms with Gasteiger partial charge in [-0.05, 0) is 28.7 Å². The number of carboxylic acid groups (broad SMARTS) is 1. The lowest BCUT2D eigenvalue weighted by molar-refractivity contribution is -0.146. The van der Waals surface area contributed by atoms with Crippen molar-refractivity contribution in [2.75, 3.05) is 5.43 Å². The van der Waals surface area contributed by atoms with E-state index in [1.807, 2.05) is 22.6 Å². The standard InChI is InChI=1S/C8H9IN2O3/c9-5-3-1-2-4(6(5)11-10)7(12)8(13)14/h1-3,7,11-12H,10H2,(H,13,14). The molecular formula is C8H9IN2O3. The monoisotopic (exact) mass is 308 g/mol. The fourth-order valence-electron chi connectivity index (χ4n) is 1.05. The van der Waals surface area contributed by atoms with Crippen LogP contribution in [0.25, 0.3) is 0 Å². The average Bonchev–Trinajstić information content (AvgIpc) is 2.16. The molecule has 0 radical (unpaired) electrons. The highest BCUT2D eigenvalue weighted by Gasteiger charge is 2.20. The van der Waals surface area contributed by atoms with Gasteiger partial charge in [-0.2, -0.15) is 0 Å². The number of aliphatic hydroxyl groups excluding tert-OH is 1. The molecule has 0 fully saturated rings. The maximum Gasteiger partial charge on any atom is 0.337 e. The molecule has 0 aliphatic rings. The van der Waals surface area contributed by atoms with Crippen molar-refractivity contribution < 1.29 is 15.0 Å². The summed E-state index contributed by atoms with van der Waals surface area (Å²) < 4.78 is 0.753. The lowest BCUT2D eigenvalue weighted by atomic mass is 10.1. The van der Waals surface area contributed by atoms with Crippen LogP contribution < -0.4 is 11.3 Å². The second-order valence-electron chi connectivity index (χ2n) is 2.59. The van der Waals surface area contributed by atoms with Crippen LogP contribution in [0.3, 0.4) is 0 Å². The van der Waals surface area contributed by atoms with E-state index >= 15 is 0 Å². The van der Waals surface area contributed by atoms with Gasteiger partial charge in [0.25, 0.3) is 0 Å². The highest BCUT2D eigenvalue weighted by atomic mass is 127. The van der Waals surface area contributed by atoms with Gasteiger partial charge in [0.1, 0.15) is 0 Å². The van der Waals surface area contributed by atoms with Gasteiger partial charge in [-0.3, -0.25) is 5.84 Å². The molecule has 0 bridgehead atoms. The van der Waals surface area contributed by atoms with Gasteiger partial charge in [-0.1, -0.05) is 12.1 Å². The Morgan fingerprint density at radius 1 is 1.57 bits per heavy atom. The number of aliphatic hydroxyl groups is 1. The van der Waals surface area contributed by atoms with E-state index in [2.05, 4.69) is 5.43 Å². The molecule has 1 aromatic rings. The van der Waals surface area contributed by atoms with E-state index in [0.717, 1.165) is 3.57 Å². The van der Waals surface area contributed by atoms with Crippen molar-refractivity contribution in [1.29, 1.82) is 0 Å². The first kappa shape index (κ1) is 11.2. The van der Waals surface area contributed by atoms with Crippen LogP contribution in [0.2, 0.25) is 0 Å². The molecule has 76 valence electrons. The number of hydrazine groups is 1. The maximum absolute atomic E-state index is 10.6. The van der Waals surface area contributed by atoms with E-state index in [9.17, 15) is 9.90 Å². The topological polar surface area (TPSA) is 95.6 Å². The van der Waals surface area contributed by atoms with Crippen LogP contribution in [-0.4, -0.2) is 16.2 Å². The molecule has 0 saturated carbocycles. The highest BCUT2D eigenvalue weighted by Crippen LogP contribution is 2.27. The minimum atomic E-state index is -1.56. The number of para-hydroxylation sites is 1. The number of anilines is 1. The molecule has 0 aromatic heterocycles. The Morgan fingerprint density at radius 3 is 2.71 bits per heavy atom. The van der Waals surface area contributed by atoms with Crippen molar-refractivity contribution in [2.45, 2.75) is 6.10 Å². The summed E-state index contributed by atoms with van der Waals surface area (Å²) in [6.07, 6.45) is -1.56. The Labute approximate surface area is 94.0 Å². The fraction of sp³-hybridized carbons (Fsp3) is 0.125. The first-order valence-electron chi connectivity index (χ1n) is 3.73. The average molecular weight is 308 g/mol. The third kappa shape index (κ3) is 2.14. The number of benzene rings is 1. The van der Waals surface area contributed by atoms with Gasteiger partial charge in [0.05, 0.1) is 5.69 Å². The minimum absolute atomic E-state index is 0.256. The molecule has 5 nitrogen and oxygen atoms in total. The predicted octanol–water partition coefficient (Wildman–Crippen LogP) is 0.695. The Bertz CT molecular complexity index is 356. The summed E-state index contributed by atoms with van der Waals surface area (Å²) in [6, 6.07) is 4.92. The maximum atomic E-state index is 10.6. The zero-order chi connectivity index (χ0) is 10.7. The number of hydrogen-bond acceptors (Lipinski definition) is 4. The van der Waals surface area contributed by atoms with Crippen molar-refractivity contribution in [2.24, 2.45) is 5.84 Å². The number of nitrogens with one attached hydrogen (secondary N) is 1. The van der Waals surface area contributed by atoms with Crippen LogP contribution >= 0.6 is 22.6 Å². The summed E-state index contributed by atoms with van der Waals surface area (Å²) in [6.45, 7) is 0. The number of nitrogens with two attached hydrogens (primary N) is 1. The first-order valence-corrected chi connectivity index (χ1v) is 4.81. The van der Waals surface area contributed by atoms with Crippen molar-refractivity contribution in [3.8, 4) is 0 Å². The largest absolute Gasteiger partial charge is 0.479 e. The van der Waals surface area contributed by atoms with Crippen molar-refractivity contribution in [3.05, 3.63) is 27.3 Å². The van der Waals surface area contributed by atoms with E-state index in [1.165, 1.54) is 6.07 Å². The molecule has 1 aromatic carbocycles. The van der Waals surface area contributed by atoms with Crippen LogP contribution in [0.5, 0.6) is 0 Å². The van der Waals surface area contributed by atoms with E-state index in [1.54, 1.807) is 12.1 Å². The summed E-state index contributed by atoms with van der Waals surface area (Å²) in [4.78, 5) is 10.6. The first-order chi connectivity index (χ1) is 6.57. The van der Waals surface area contributed by atoms with Crippen LogP contribution in [-0.2, 0) is 4.79 Å². The summed E-state index contributed by atoms with van der Waals surface area (Å²) in [7, 11) is 0. The smallest absolute Gasteiger partial charge is 0.337 e. The van der Waals surface area contributed by atoms with Crippen LogP contribution in [0.1, 0.15) is 11.7 Å². The second-order valence-corrected chi connectivity index (χ2v) is 3.75. The van der Waals surface area contributed by atoms with Gasteiger partial charge in [0.2, 0.25) is 0 Å². The molecule has 0 heterocycles. The van der Waals surface area contributed by atoms with Gasteiger partial charge in [0.15, 0.2) is 6.10 Å². The number of aliphatic carboxylic acids is 1. The molecule has 0 saturated heterocycles. The van der Waals surface area contributed by atoms with E-state index in [0.29, 0.717) is 5.69 Å². The normalized spacial score (nSPS) is 12.2. The summed E-state index contributed by atoms with van der Waals surface area (Å²) >= 11 is 2.00. The number of nitrogen functional groups attached to an aromatic ring is 1. The van der Waals surface area contributed by atoms with Crippen molar-refractivity contribution >= 4 is 34.2 Å². The highest BCUT2D eigenvalue weighted by molar-refractivity contribution is 14.1. The van der Waals surface area contributed by atoms with E-state index in [4.69, 9.17) is 10.9 Å². The molecule has 1 rings (SSSR count). The molecule has 0 spiro atoms. The Kier molecular flexibility index (Phi) is 3.67. The number of hydrogen-bond donors (Lipinski definition) is 4. The molecule has 1 atom stereocenters. The van der Waals surface area contributed by atoms with Crippen molar-refractivity contribution in [1.82, 2.24) is 0 Å². The minimum Gasteiger partial charge on any atom is -0.479 e. The molecule has 0 aliphatic heterocycles. The summed E-state index contributed by atoms with van der Waals surface area (Å²) in [5.74, 6) is 3.93.